The van der Waals surface area contributed by atoms with Gasteiger partial charge in [-0.1, -0.05) is 0 Å². The molecular weight excluding hydrogens is 293 g/mol. The fourth-order valence-electron chi connectivity index (χ4n) is 2.24. The third kappa shape index (κ3) is 3.00. The van der Waals surface area contributed by atoms with Crippen molar-refractivity contribution in [1.29, 1.82) is 0 Å². The Balaban J connectivity index is 2.22. The molecule has 3 N–H and O–H groups in total. The standard InChI is InChI=1S/C14H16FN3O4/c1-7-11(4-3-10(12(7)15)13(16)20)18-6-9(22-14(18)21)5-17-8(2)19/h3-4,9H,5-6H2,1-2H3,(H2,16,20)(H,17,19)/t9-/m0/s1. The summed E-state index contributed by atoms with van der Waals surface area (Å²) in [6.45, 7) is 3.16. The van der Waals surface area contributed by atoms with Crippen molar-refractivity contribution in [2.24, 2.45) is 5.73 Å². The van der Waals surface area contributed by atoms with Crippen LogP contribution in [0.5, 0.6) is 0 Å². The molecule has 0 spiro atoms. The van der Waals surface area contributed by atoms with Crippen LogP contribution in [0.4, 0.5) is 14.9 Å². The molecule has 0 aromatic heterocycles. The van der Waals surface area contributed by atoms with Crippen LogP contribution >= 0.6 is 0 Å². The van der Waals surface area contributed by atoms with Crippen LogP contribution < -0.4 is 16.0 Å². The number of hydrogen-bond donors (Lipinski definition) is 2. The molecule has 1 aliphatic heterocycles. The minimum Gasteiger partial charge on any atom is -0.442 e. The van der Waals surface area contributed by atoms with Crippen LogP contribution in [-0.4, -0.2) is 37.1 Å². The highest BCUT2D eigenvalue weighted by atomic mass is 19.1. The second-order valence-corrected chi connectivity index (χ2v) is 4.99. The van der Waals surface area contributed by atoms with Crippen molar-refractivity contribution < 1.29 is 23.5 Å². The molecule has 1 aromatic rings. The number of ether oxygens (including phenoxy) is 1. The molecule has 2 rings (SSSR count). The number of benzene rings is 1. The Morgan fingerprint density at radius 1 is 1.50 bits per heavy atom. The lowest BCUT2D eigenvalue weighted by Crippen LogP contribution is -2.33. The Labute approximate surface area is 126 Å². The molecule has 0 saturated carbocycles. The van der Waals surface area contributed by atoms with E-state index in [1.54, 1.807) is 0 Å². The quantitative estimate of drug-likeness (QED) is 0.854. The van der Waals surface area contributed by atoms with Crippen molar-refractivity contribution >= 4 is 23.6 Å². The first-order valence-corrected chi connectivity index (χ1v) is 6.62. The van der Waals surface area contributed by atoms with E-state index in [4.69, 9.17) is 10.5 Å². The average Bonchev–Trinajstić information content (AvgIpc) is 2.80. The number of nitrogens with two attached hydrogens (primary N) is 1. The molecule has 1 saturated heterocycles. The number of primary amides is 1. The summed E-state index contributed by atoms with van der Waals surface area (Å²) < 4.78 is 19.2. The molecule has 0 radical (unpaired) electrons. The molecule has 3 amide bonds. The molecular formula is C14H16FN3O4. The lowest BCUT2D eigenvalue weighted by molar-refractivity contribution is -0.119. The number of carbonyl (C=O) groups excluding carboxylic acids is 3. The second-order valence-electron chi connectivity index (χ2n) is 4.99. The highest BCUT2D eigenvalue weighted by Crippen LogP contribution is 2.28. The zero-order chi connectivity index (χ0) is 16.4. The van der Waals surface area contributed by atoms with E-state index in [1.165, 1.54) is 30.9 Å². The number of carbonyl (C=O) groups is 3. The van der Waals surface area contributed by atoms with Gasteiger partial charge in [0.15, 0.2) is 0 Å². The maximum Gasteiger partial charge on any atom is 0.414 e. The number of halogens is 1. The lowest BCUT2D eigenvalue weighted by Gasteiger charge is -2.17. The maximum atomic E-state index is 14.1. The molecule has 0 unspecified atom stereocenters. The van der Waals surface area contributed by atoms with Gasteiger partial charge in [0.1, 0.15) is 11.9 Å². The average molecular weight is 309 g/mol. The van der Waals surface area contributed by atoms with Gasteiger partial charge >= 0.3 is 6.09 Å². The third-order valence-electron chi connectivity index (χ3n) is 3.37. The van der Waals surface area contributed by atoms with Gasteiger partial charge in [-0.25, -0.2) is 9.18 Å². The Morgan fingerprint density at radius 3 is 2.77 bits per heavy atom. The van der Waals surface area contributed by atoms with Crippen LogP contribution in [0.25, 0.3) is 0 Å². The number of anilines is 1. The second kappa shape index (κ2) is 6.00. The number of nitrogens with zero attached hydrogens (tertiary/aromatic N) is 1. The zero-order valence-corrected chi connectivity index (χ0v) is 12.2. The Hall–Kier alpha value is -2.64. The van der Waals surface area contributed by atoms with E-state index in [9.17, 15) is 18.8 Å². The van der Waals surface area contributed by atoms with Crippen LogP contribution in [0.1, 0.15) is 22.8 Å². The predicted octanol–water partition coefficient (Wildman–Crippen LogP) is 0.694. The van der Waals surface area contributed by atoms with Crippen molar-refractivity contribution in [1.82, 2.24) is 5.32 Å². The van der Waals surface area contributed by atoms with E-state index in [-0.39, 0.29) is 30.1 Å². The molecule has 1 aromatic carbocycles. The summed E-state index contributed by atoms with van der Waals surface area (Å²) in [4.78, 5) is 35.1. The molecule has 22 heavy (non-hydrogen) atoms. The molecule has 1 fully saturated rings. The molecule has 1 heterocycles. The van der Waals surface area contributed by atoms with Crippen LogP contribution in [-0.2, 0) is 9.53 Å². The minimum atomic E-state index is -0.875. The molecule has 1 atom stereocenters. The highest BCUT2D eigenvalue weighted by Gasteiger charge is 2.34. The van der Waals surface area contributed by atoms with Crippen molar-refractivity contribution in [3.05, 3.63) is 29.1 Å². The van der Waals surface area contributed by atoms with E-state index in [2.05, 4.69) is 5.32 Å². The normalized spacial score (nSPS) is 17.3. The first-order chi connectivity index (χ1) is 10.3. The Morgan fingerprint density at radius 2 is 2.18 bits per heavy atom. The number of nitrogens with one attached hydrogen (secondary N) is 1. The minimum absolute atomic E-state index is 0.133. The Kier molecular flexibility index (Phi) is 4.30. The molecule has 8 heteroatoms. The first-order valence-electron chi connectivity index (χ1n) is 6.62. The zero-order valence-electron chi connectivity index (χ0n) is 12.2. The van der Waals surface area contributed by atoms with Gasteiger partial charge in [0, 0.05) is 12.5 Å². The van der Waals surface area contributed by atoms with Crippen molar-refractivity contribution in [2.45, 2.75) is 20.0 Å². The van der Waals surface area contributed by atoms with E-state index in [0.717, 1.165) is 0 Å². The smallest absolute Gasteiger partial charge is 0.414 e. The van der Waals surface area contributed by atoms with Gasteiger partial charge < -0.3 is 15.8 Å². The van der Waals surface area contributed by atoms with Crippen LogP contribution in [0.3, 0.4) is 0 Å². The number of rotatable bonds is 4. The van der Waals surface area contributed by atoms with Gasteiger partial charge in [-0.3, -0.25) is 14.5 Å². The molecule has 1 aliphatic rings. The van der Waals surface area contributed by atoms with Gasteiger partial charge in [0.05, 0.1) is 24.3 Å². The largest absolute Gasteiger partial charge is 0.442 e. The number of hydrogen-bond acceptors (Lipinski definition) is 4. The van der Waals surface area contributed by atoms with E-state index in [0.29, 0.717) is 5.69 Å². The summed E-state index contributed by atoms with van der Waals surface area (Å²) in [7, 11) is 0. The number of amides is 3. The molecule has 118 valence electrons. The first kappa shape index (κ1) is 15.7. The van der Waals surface area contributed by atoms with Crippen molar-refractivity contribution in [2.75, 3.05) is 18.0 Å². The van der Waals surface area contributed by atoms with E-state index >= 15 is 0 Å². The van der Waals surface area contributed by atoms with Gasteiger partial charge in [-0.05, 0) is 19.1 Å². The maximum absolute atomic E-state index is 14.1. The van der Waals surface area contributed by atoms with Gasteiger partial charge in [0.25, 0.3) is 5.91 Å². The Bertz CT molecular complexity index is 647. The van der Waals surface area contributed by atoms with E-state index < -0.39 is 23.9 Å². The number of cyclic esters (lactones) is 1. The van der Waals surface area contributed by atoms with Crippen LogP contribution in [0.2, 0.25) is 0 Å². The summed E-state index contributed by atoms with van der Waals surface area (Å²) in [5.74, 6) is -1.87. The fourth-order valence-corrected chi connectivity index (χ4v) is 2.24. The van der Waals surface area contributed by atoms with Crippen LogP contribution in [0.15, 0.2) is 12.1 Å². The topological polar surface area (TPSA) is 102 Å². The highest BCUT2D eigenvalue weighted by molar-refractivity contribution is 5.96. The summed E-state index contributed by atoms with van der Waals surface area (Å²) >= 11 is 0. The van der Waals surface area contributed by atoms with Gasteiger partial charge in [0.2, 0.25) is 5.91 Å². The summed E-state index contributed by atoms with van der Waals surface area (Å²) in [5.41, 5.74) is 5.28. The third-order valence-corrected chi connectivity index (χ3v) is 3.37. The SMILES string of the molecule is CC(=O)NC[C@H]1CN(c2ccc(C(N)=O)c(F)c2C)C(=O)O1. The molecule has 0 aliphatic carbocycles. The molecule has 7 nitrogen and oxygen atoms in total. The van der Waals surface area contributed by atoms with E-state index in [1.807, 2.05) is 0 Å². The van der Waals surface area contributed by atoms with Gasteiger partial charge in [-0.15, -0.1) is 0 Å². The fraction of sp³-hybridized carbons (Fsp3) is 0.357. The van der Waals surface area contributed by atoms with Gasteiger partial charge in [-0.2, -0.15) is 0 Å². The summed E-state index contributed by atoms with van der Waals surface area (Å²) in [5, 5.41) is 2.55. The summed E-state index contributed by atoms with van der Waals surface area (Å²) in [6.07, 6.45) is -1.15. The van der Waals surface area contributed by atoms with Crippen molar-refractivity contribution in [3.63, 3.8) is 0 Å². The van der Waals surface area contributed by atoms with Crippen LogP contribution in [0, 0.1) is 12.7 Å². The summed E-state index contributed by atoms with van der Waals surface area (Å²) in [6, 6.07) is 2.68. The van der Waals surface area contributed by atoms with Crippen molar-refractivity contribution in [3.8, 4) is 0 Å². The monoisotopic (exact) mass is 309 g/mol. The molecule has 0 bridgehead atoms. The lowest BCUT2D eigenvalue weighted by atomic mass is 10.1. The predicted molar refractivity (Wildman–Crippen MR) is 76.0 cm³/mol.